The summed E-state index contributed by atoms with van der Waals surface area (Å²) in [5, 5.41) is 2.52. The van der Waals surface area contributed by atoms with Crippen molar-refractivity contribution in [1.29, 1.82) is 0 Å². The summed E-state index contributed by atoms with van der Waals surface area (Å²) in [4.78, 5) is 14.9. The van der Waals surface area contributed by atoms with E-state index in [1.54, 1.807) is 0 Å². The molecule has 1 saturated carbocycles. The van der Waals surface area contributed by atoms with Gasteiger partial charge in [0.2, 0.25) is 0 Å². The number of pyridine rings is 1. The maximum Gasteiger partial charge on any atom is 0.328 e. The van der Waals surface area contributed by atoms with Crippen molar-refractivity contribution in [2.24, 2.45) is 0 Å². The second kappa shape index (κ2) is 4.21. The lowest BCUT2D eigenvalue weighted by molar-refractivity contribution is 0.245. The number of sulfonamides is 1. The summed E-state index contributed by atoms with van der Waals surface area (Å²) < 4.78 is 25.3. The number of nitrogens with zero attached hydrogens (tertiary/aromatic N) is 1. The zero-order valence-electron chi connectivity index (χ0n) is 8.88. The monoisotopic (exact) mass is 256 g/mol. The Morgan fingerprint density at radius 3 is 2.65 bits per heavy atom. The summed E-state index contributed by atoms with van der Waals surface area (Å²) in [5.41, 5.74) is 5.34. The summed E-state index contributed by atoms with van der Waals surface area (Å²) >= 11 is 0. The Hall–Kier alpha value is -1.83. The van der Waals surface area contributed by atoms with Gasteiger partial charge in [-0.3, -0.25) is 0 Å². The maximum absolute atomic E-state index is 11.7. The molecule has 1 fully saturated rings. The summed E-state index contributed by atoms with van der Waals surface area (Å²) in [7, 11) is -3.87. The smallest absolute Gasteiger partial charge is 0.328 e. The quantitative estimate of drug-likeness (QED) is 0.693. The number of nitrogen functional groups attached to an aromatic ring is 1. The van der Waals surface area contributed by atoms with Gasteiger partial charge >= 0.3 is 6.03 Å². The highest BCUT2D eigenvalue weighted by atomic mass is 32.2. The fraction of sp³-hybridized carbons (Fsp3) is 0.333. The third-order valence-electron chi connectivity index (χ3n) is 2.21. The zero-order valence-corrected chi connectivity index (χ0v) is 9.70. The lowest BCUT2D eigenvalue weighted by atomic mass is 10.5. The Morgan fingerprint density at radius 2 is 2.12 bits per heavy atom. The summed E-state index contributed by atoms with van der Waals surface area (Å²) in [6.07, 6.45) is 2.87. The number of amides is 2. The largest absolute Gasteiger partial charge is 0.384 e. The molecule has 0 radical (unpaired) electrons. The minimum atomic E-state index is -3.87. The normalized spacial score (nSPS) is 15.3. The van der Waals surface area contributed by atoms with Crippen molar-refractivity contribution in [2.45, 2.75) is 23.8 Å². The van der Waals surface area contributed by atoms with E-state index in [1.807, 2.05) is 4.72 Å². The first-order chi connectivity index (χ1) is 7.97. The number of rotatable bonds is 3. The summed E-state index contributed by atoms with van der Waals surface area (Å²) in [6.45, 7) is 0. The number of anilines is 1. The van der Waals surface area contributed by atoms with E-state index >= 15 is 0 Å². The van der Waals surface area contributed by atoms with Crippen LogP contribution in [0.4, 0.5) is 10.6 Å². The van der Waals surface area contributed by atoms with Gasteiger partial charge in [-0.05, 0) is 25.0 Å². The Balaban J connectivity index is 2.07. The molecule has 1 aliphatic carbocycles. The third kappa shape index (κ3) is 3.06. The van der Waals surface area contributed by atoms with E-state index in [4.69, 9.17) is 5.73 Å². The highest BCUT2D eigenvalue weighted by Crippen LogP contribution is 2.18. The molecule has 0 bridgehead atoms. The van der Waals surface area contributed by atoms with Gasteiger partial charge in [-0.15, -0.1) is 0 Å². The Bertz CT molecular complexity index is 522. The Labute approximate surface area is 98.5 Å². The molecule has 7 nitrogen and oxygen atoms in total. The molecule has 1 heterocycles. The van der Waals surface area contributed by atoms with Crippen molar-refractivity contribution < 1.29 is 13.2 Å². The van der Waals surface area contributed by atoms with Crippen LogP contribution >= 0.6 is 0 Å². The summed E-state index contributed by atoms with van der Waals surface area (Å²) in [5.74, 6) is 0.214. The number of carbonyl (C=O) groups is 1. The van der Waals surface area contributed by atoms with Gasteiger partial charge in [-0.25, -0.2) is 22.9 Å². The second-order valence-electron chi connectivity index (χ2n) is 3.77. The topological polar surface area (TPSA) is 114 Å². The van der Waals surface area contributed by atoms with Crippen LogP contribution in [-0.2, 0) is 10.0 Å². The standard InChI is InChI=1S/C9H12N4O3S/c10-8-4-3-7(5-11-8)17(15,16)13-9(14)12-6-1-2-6/h3-6H,1-2H2,(H2,10,11)(H2,12,13,14). The van der Waals surface area contributed by atoms with Crippen LogP contribution < -0.4 is 15.8 Å². The van der Waals surface area contributed by atoms with E-state index < -0.39 is 16.1 Å². The SMILES string of the molecule is Nc1ccc(S(=O)(=O)NC(=O)NC2CC2)cn1. The van der Waals surface area contributed by atoms with Crippen LogP contribution in [0, 0.1) is 0 Å². The average Bonchev–Trinajstić information content (AvgIpc) is 3.01. The molecule has 92 valence electrons. The van der Waals surface area contributed by atoms with E-state index in [2.05, 4.69) is 10.3 Å². The van der Waals surface area contributed by atoms with E-state index in [-0.39, 0.29) is 16.8 Å². The van der Waals surface area contributed by atoms with Crippen LogP contribution in [0.25, 0.3) is 0 Å². The van der Waals surface area contributed by atoms with E-state index in [0.717, 1.165) is 19.0 Å². The third-order valence-corrected chi connectivity index (χ3v) is 3.53. The number of urea groups is 1. The van der Waals surface area contributed by atoms with Crippen molar-refractivity contribution >= 4 is 21.9 Å². The van der Waals surface area contributed by atoms with Gasteiger partial charge in [0.1, 0.15) is 10.7 Å². The number of hydrogen-bond donors (Lipinski definition) is 3. The molecule has 0 unspecified atom stereocenters. The maximum atomic E-state index is 11.7. The molecule has 4 N–H and O–H groups in total. The van der Waals surface area contributed by atoms with E-state index in [9.17, 15) is 13.2 Å². The highest BCUT2D eigenvalue weighted by Gasteiger charge is 2.25. The van der Waals surface area contributed by atoms with Gasteiger partial charge in [0.05, 0.1) is 0 Å². The Morgan fingerprint density at radius 1 is 1.41 bits per heavy atom. The van der Waals surface area contributed by atoms with Crippen LogP contribution in [0.2, 0.25) is 0 Å². The first-order valence-electron chi connectivity index (χ1n) is 5.02. The molecule has 1 aromatic rings. The molecule has 0 aromatic carbocycles. The molecule has 1 aliphatic rings. The molecule has 0 spiro atoms. The lowest BCUT2D eigenvalue weighted by Gasteiger charge is -2.07. The molecule has 1 aromatic heterocycles. The van der Waals surface area contributed by atoms with Gasteiger partial charge in [0, 0.05) is 12.2 Å². The number of nitrogens with two attached hydrogens (primary N) is 1. The van der Waals surface area contributed by atoms with Crippen LogP contribution in [0.3, 0.4) is 0 Å². The fourth-order valence-corrected chi connectivity index (χ4v) is 2.03. The van der Waals surface area contributed by atoms with E-state index in [1.165, 1.54) is 12.1 Å². The molecule has 8 heteroatoms. The average molecular weight is 256 g/mol. The first-order valence-corrected chi connectivity index (χ1v) is 6.50. The highest BCUT2D eigenvalue weighted by molar-refractivity contribution is 7.90. The Kier molecular flexibility index (Phi) is 2.88. The van der Waals surface area contributed by atoms with Gasteiger partial charge in [-0.2, -0.15) is 0 Å². The molecule has 0 atom stereocenters. The molecule has 0 saturated heterocycles. The van der Waals surface area contributed by atoms with Crippen molar-refractivity contribution in [2.75, 3.05) is 5.73 Å². The fourth-order valence-electron chi connectivity index (χ4n) is 1.17. The van der Waals surface area contributed by atoms with Crippen molar-refractivity contribution in [3.8, 4) is 0 Å². The molecular formula is C9H12N4O3S. The van der Waals surface area contributed by atoms with Gasteiger partial charge in [-0.1, -0.05) is 0 Å². The minimum Gasteiger partial charge on any atom is -0.384 e. The van der Waals surface area contributed by atoms with Crippen LogP contribution in [0.5, 0.6) is 0 Å². The van der Waals surface area contributed by atoms with Crippen molar-refractivity contribution in [3.63, 3.8) is 0 Å². The van der Waals surface area contributed by atoms with Gasteiger partial charge < -0.3 is 11.1 Å². The predicted octanol–water partition coefficient (Wildman–Crippen LogP) is -0.186. The van der Waals surface area contributed by atoms with Crippen molar-refractivity contribution in [1.82, 2.24) is 15.0 Å². The summed E-state index contributed by atoms with van der Waals surface area (Å²) in [6, 6.07) is 2.02. The number of hydrogen-bond acceptors (Lipinski definition) is 5. The number of aromatic nitrogens is 1. The number of nitrogens with one attached hydrogen (secondary N) is 2. The van der Waals surface area contributed by atoms with Crippen LogP contribution in [0.15, 0.2) is 23.2 Å². The number of carbonyl (C=O) groups excluding carboxylic acids is 1. The molecule has 17 heavy (non-hydrogen) atoms. The van der Waals surface area contributed by atoms with Crippen LogP contribution in [0.1, 0.15) is 12.8 Å². The first kappa shape index (κ1) is 11.6. The zero-order chi connectivity index (χ0) is 12.5. The van der Waals surface area contributed by atoms with E-state index in [0.29, 0.717) is 0 Å². The second-order valence-corrected chi connectivity index (χ2v) is 5.45. The van der Waals surface area contributed by atoms with Gasteiger partial charge in [0.25, 0.3) is 10.0 Å². The van der Waals surface area contributed by atoms with Crippen molar-refractivity contribution in [3.05, 3.63) is 18.3 Å². The molecule has 2 amide bonds. The predicted molar refractivity (Wildman–Crippen MR) is 60.5 cm³/mol. The lowest BCUT2D eigenvalue weighted by Crippen LogP contribution is -2.40. The van der Waals surface area contributed by atoms with Crippen LogP contribution in [-0.4, -0.2) is 25.5 Å². The van der Waals surface area contributed by atoms with Gasteiger partial charge in [0.15, 0.2) is 0 Å². The molecule has 0 aliphatic heterocycles. The minimum absolute atomic E-state index is 0.0924. The molecular weight excluding hydrogens is 244 g/mol. The molecule has 2 rings (SSSR count).